The Kier molecular flexibility index (Phi) is 4.30. The van der Waals surface area contributed by atoms with Gasteiger partial charge >= 0.3 is 5.76 Å². The highest BCUT2D eigenvalue weighted by Gasteiger charge is 2.44. The van der Waals surface area contributed by atoms with Gasteiger partial charge in [0, 0.05) is 50.0 Å². The second-order valence-electron chi connectivity index (χ2n) is 6.96. The van der Waals surface area contributed by atoms with Crippen LogP contribution in [0.25, 0.3) is 11.1 Å². The van der Waals surface area contributed by atoms with Crippen LogP contribution in [0.3, 0.4) is 0 Å². The van der Waals surface area contributed by atoms with Crippen molar-refractivity contribution < 1.29 is 12.8 Å². The number of anilines is 1. The van der Waals surface area contributed by atoms with Gasteiger partial charge in [0.25, 0.3) is 0 Å². The lowest BCUT2D eigenvalue weighted by Gasteiger charge is -2.37. The second kappa shape index (κ2) is 6.38. The number of fused-ring (bicyclic) bond motifs is 1. The molecule has 0 radical (unpaired) electrons. The maximum absolute atomic E-state index is 13.0. The number of sulfonamides is 1. The van der Waals surface area contributed by atoms with E-state index in [1.165, 1.54) is 0 Å². The number of nitrogens with zero attached hydrogens (tertiary/aromatic N) is 2. The van der Waals surface area contributed by atoms with Gasteiger partial charge in [0.15, 0.2) is 5.58 Å². The molecule has 0 aliphatic carbocycles. The molecular weight excluding hydrogens is 358 g/mol. The number of nitrogens with one attached hydrogen (secondary N) is 3. The van der Waals surface area contributed by atoms with E-state index < -0.39 is 21.0 Å². The van der Waals surface area contributed by atoms with Gasteiger partial charge in [0.2, 0.25) is 10.0 Å². The van der Waals surface area contributed by atoms with Crippen molar-refractivity contribution in [1.29, 1.82) is 0 Å². The topological polar surface area (TPSA) is 111 Å². The summed E-state index contributed by atoms with van der Waals surface area (Å²) in [5.74, 6) is -0.477. The van der Waals surface area contributed by atoms with Crippen molar-refractivity contribution in [2.24, 2.45) is 0 Å². The molecule has 2 fully saturated rings. The molecule has 2 saturated heterocycles. The van der Waals surface area contributed by atoms with Crippen LogP contribution in [0.1, 0.15) is 13.8 Å². The molecule has 9 nitrogen and oxygen atoms in total. The Morgan fingerprint density at radius 3 is 2.38 bits per heavy atom. The van der Waals surface area contributed by atoms with E-state index in [9.17, 15) is 13.2 Å². The number of benzene rings is 1. The van der Waals surface area contributed by atoms with E-state index in [-0.39, 0.29) is 12.1 Å². The molecule has 2 aromatic rings. The molecule has 2 atom stereocenters. The largest absolute Gasteiger partial charge is 0.417 e. The minimum Gasteiger partial charge on any atom is -0.408 e. The number of hydrazine groups is 1. The van der Waals surface area contributed by atoms with E-state index in [2.05, 4.69) is 20.7 Å². The summed E-state index contributed by atoms with van der Waals surface area (Å²) < 4.78 is 32.7. The first kappa shape index (κ1) is 17.5. The van der Waals surface area contributed by atoms with Gasteiger partial charge in [0.05, 0.1) is 5.52 Å². The fourth-order valence-corrected chi connectivity index (χ4v) is 6.06. The minimum absolute atomic E-state index is 0.132. The van der Waals surface area contributed by atoms with Gasteiger partial charge in [-0.2, -0.15) is 4.31 Å². The van der Waals surface area contributed by atoms with Crippen LogP contribution in [-0.4, -0.2) is 61.2 Å². The summed E-state index contributed by atoms with van der Waals surface area (Å²) >= 11 is 0. The summed E-state index contributed by atoms with van der Waals surface area (Å²) in [7, 11) is -3.38. The maximum Gasteiger partial charge on any atom is 0.417 e. The number of hydrogen-bond donors (Lipinski definition) is 3. The Labute approximate surface area is 151 Å². The van der Waals surface area contributed by atoms with Gasteiger partial charge in [-0.25, -0.2) is 13.2 Å². The summed E-state index contributed by atoms with van der Waals surface area (Å²) in [5.41, 5.74) is 8.11. The molecule has 0 saturated carbocycles. The Hall–Kier alpha value is -1.88. The molecule has 142 valence electrons. The molecule has 0 bridgehead atoms. The summed E-state index contributed by atoms with van der Waals surface area (Å²) in [5, 5.41) is -0.473. The number of aromatic nitrogens is 1. The first-order valence-corrected chi connectivity index (χ1v) is 10.2. The molecule has 0 amide bonds. The third-order valence-corrected chi connectivity index (χ3v) is 7.83. The third-order valence-electron chi connectivity index (χ3n) is 5.24. The number of aromatic amines is 1. The molecule has 4 rings (SSSR count). The van der Waals surface area contributed by atoms with Gasteiger partial charge in [0.1, 0.15) is 5.25 Å². The highest BCUT2D eigenvalue weighted by atomic mass is 32.2. The van der Waals surface area contributed by atoms with Gasteiger partial charge in [-0.1, -0.05) is 0 Å². The lowest BCUT2D eigenvalue weighted by molar-refractivity contribution is 0.374. The zero-order valence-corrected chi connectivity index (χ0v) is 15.5. The predicted octanol–water partition coefficient (Wildman–Crippen LogP) is -0.174. The highest BCUT2D eigenvalue weighted by Crippen LogP contribution is 2.25. The van der Waals surface area contributed by atoms with Crippen LogP contribution in [0, 0.1) is 0 Å². The number of oxazole rings is 1. The molecule has 2 unspecified atom stereocenters. The fourth-order valence-electron chi connectivity index (χ4n) is 3.88. The van der Waals surface area contributed by atoms with Gasteiger partial charge < -0.3 is 9.32 Å². The maximum atomic E-state index is 13.0. The Morgan fingerprint density at radius 1 is 1.08 bits per heavy atom. The van der Waals surface area contributed by atoms with Crippen molar-refractivity contribution in [3.05, 3.63) is 28.7 Å². The van der Waals surface area contributed by atoms with Crippen molar-refractivity contribution in [3.63, 3.8) is 0 Å². The zero-order chi connectivity index (χ0) is 18.5. The molecule has 26 heavy (non-hydrogen) atoms. The molecule has 1 aromatic carbocycles. The predicted molar refractivity (Wildman–Crippen MR) is 98.5 cm³/mol. The first-order valence-electron chi connectivity index (χ1n) is 8.74. The van der Waals surface area contributed by atoms with Crippen LogP contribution < -0.4 is 21.5 Å². The monoisotopic (exact) mass is 381 g/mol. The standard InChI is InChI=1S/C16H23N5O4S/c1-10-15(11(2)19-18-10)26(23,24)21-7-5-20(6-8-21)12-3-4-13-14(9-12)25-16(22)17-13/h3-4,9-11,15,18-19H,5-8H2,1-2H3,(H,17,22). The molecule has 10 heteroatoms. The zero-order valence-electron chi connectivity index (χ0n) is 14.7. The van der Waals surface area contributed by atoms with Crippen LogP contribution in [0.5, 0.6) is 0 Å². The molecule has 0 spiro atoms. The van der Waals surface area contributed by atoms with Crippen LogP contribution in [0.4, 0.5) is 5.69 Å². The van der Waals surface area contributed by atoms with E-state index in [4.69, 9.17) is 4.42 Å². The Balaban J connectivity index is 1.48. The fraction of sp³-hybridized carbons (Fsp3) is 0.562. The first-order chi connectivity index (χ1) is 12.4. The normalized spacial score (nSPS) is 28.1. The van der Waals surface area contributed by atoms with Crippen LogP contribution >= 0.6 is 0 Å². The average Bonchev–Trinajstić information content (AvgIpc) is 3.15. The average molecular weight is 381 g/mol. The number of hydrogen-bond acceptors (Lipinski definition) is 7. The summed E-state index contributed by atoms with van der Waals surface area (Å²) in [6.45, 7) is 5.83. The molecule has 2 aliphatic rings. The second-order valence-corrected chi connectivity index (χ2v) is 9.05. The summed E-state index contributed by atoms with van der Waals surface area (Å²) in [6.07, 6.45) is 0. The van der Waals surface area contributed by atoms with E-state index >= 15 is 0 Å². The SMILES string of the molecule is CC1NNC(C)C1S(=O)(=O)N1CCN(c2ccc3[nH]c(=O)oc3c2)CC1. The molecule has 3 heterocycles. The van der Waals surface area contributed by atoms with Gasteiger partial charge in [-0.05, 0) is 26.0 Å². The van der Waals surface area contributed by atoms with E-state index in [1.54, 1.807) is 10.4 Å². The smallest absolute Gasteiger partial charge is 0.408 e. The van der Waals surface area contributed by atoms with Crippen LogP contribution in [0.2, 0.25) is 0 Å². The lowest BCUT2D eigenvalue weighted by atomic mass is 10.2. The lowest BCUT2D eigenvalue weighted by Crippen LogP contribution is -2.54. The number of piperazine rings is 1. The van der Waals surface area contributed by atoms with E-state index in [0.29, 0.717) is 37.3 Å². The Bertz CT molecular complexity index is 950. The number of rotatable bonds is 3. The van der Waals surface area contributed by atoms with E-state index in [1.807, 2.05) is 26.0 Å². The molecule has 3 N–H and O–H groups in total. The minimum atomic E-state index is -3.38. The van der Waals surface area contributed by atoms with Crippen molar-refractivity contribution in [2.75, 3.05) is 31.1 Å². The van der Waals surface area contributed by atoms with Crippen molar-refractivity contribution in [3.8, 4) is 0 Å². The highest BCUT2D eigenvalue weighted by molar-refractivity contribution is 7.89. The quantitative estimate of drug-likeness (QED) is 0.677. The van der Waals surface area contributed by atoms with Crippen LogP contribution in [-0.2, 0) is 10.0 Å². The molecular formula is C16H23N5O4S. The van der Waals surface area contributed by atoms with E-state index in [0.717, 1.165) is 5.69 Å². The van der Waals surface area contributed by atoms with Crippen molar-refractivity contribution >= 4 is 26.8 Å². The summed E-state index contributed by atoms with van der Waals surface area (Å²) in [4.78, 5) is 16.0. The number of H-pyrrole nitrogens is 1. The molecule has 1 aromatic heterocycles. The van der Waals surface area contributed by atoms with Gasteiger partial charge in [-0.3, -0.25) is 15.8 Å². The third kappa shape index (κ3) is 2.92. The summed E-state index contributed by atoms with van der Waals surface area (Å²) in [6, 6.07) is 5.26. The Morgan fingerprint density at radius 2 is 1.73 bits per heavy atom. The van der Waals surface area contributed by atoms with Gasteiger partial charge in [-0.15, -0.1) is 0 Å². The van der Waals surface area contributed by atoms with Crippen molar-refractivity contribution in [1.82, 2.24) is 20.1 Å². The molecule has 2 aliphatic heterocycles. The van der Waals surface area contributed by atoms with Crippen molar-refractivity contribution in [2.45, 2.75) is 31.2 Å². The van der Waals surface area contributed by atoms with Crippen LogP contribution in [0.15, 0.2) is 27.4 Å².